The summed E-state index contributed by atoms with van der Waals surface area (Å²) in [5, 5.41) is 21.9. The van der Waals surface area contributed by atoms with Crippen molar-refractivity contribution in [2.75, 3.05) is 0 Å². The van der Waals surface area contributed by atoms with E-state index < -0.39 is 0 Å². The predicted molar refractivity (Wildman–Crippen MR) is 77.5 cm³/mol. The summed E-state index contributed by atoms with van der Waals surface area (Å²) in [4.78, 5) is 0. The lowest BCUT2D eigenvalue weighted by Crippen LogP contribution is -2.12. The quantitative estimate of drug-likeness (QED) is 0.909. The molecule has 0 spiro atoms. The number of phenols is 1. The summed E-state index contributed by atoms with van der Waals surface area (Å²) in [6.45, 7) is 1.23. The Bertz CT molecular complexity index is 620. The highest BCUT2D eigenvalue weighted by Crippen LogP contribution is 2.27. The minimum Gasteiger partial charge on any atom is -0.506 e. The molecular formula is C15H13BrN2O. The van der Waals surface area contributed by atoms with Crippen molar-refractivity contribution in [2.45, 2.75) is 13.1 Å². The second-order valence-electron chi connectivity index (χ2n) is 4.16. The molecule has 0 aliphatic rings. The first kappa shape index (κ1) is 13.6. The van der Waals surface area contributed by atoms with Crippen LogP contribution in [-0.4, -0.2) is 5.11 Å². The molecule has 4 heteroatoms. The van der Waals surface area contributed by atoms with Crippen LogP contribution in [0.5, 0.6) is 5.75 Å². The summed E-state index contributed by atoms with van der Waals surface area (Å²) < 4.78 is 0.693. The molecule has 0 aliphatic heterocycles. The summed E-state index contributed by atoms with van der Waals surface area (Å²) in [5.74, 6) is 0.265. The van der Waals surface area contributed by atoms with Gasteiger partial charge in [-0.3, -0.25) is 0 Å². The molecule has 0 heterocycles. The molecule has 0 radical (unpaired) electrons. The van der Waals surface area contributed by atoms with Crippen LogP contribution in [0.3, 0.4) is 0 Å². The standard InChI is InChI=1S/C15H13BrN2O/c16-14-6-2-5-13(15(14)19)10-18-9-12-4-1-3-11(7-12)8-17/h1-7,18-19H,9-10H2. The van der Waals surface area contributed by atoms with Crippen molar-refractivity contribution in [1.29, 1.82) is 5.26 Å². The Morgan fingerprint density at radius 3 is 2.74 bits per heavy atom. The number of aromatic hydroxyl groups is 1. The third-order valence-electron chi connectivity index (χ3n) is 2.77. The van der Waals surface area contributed by atoms with Gasteiger partial charge in [-0.2, -0.15) is 5.26 Å². The van der Waals surface area contributed by atoms with Crippen molar-refractivity contribution in [3.05, 3.63) is 63.6 Å². The zero-order chi connectivity index (χ0) is 13.7. The minimum atomic E-state index is 0.265. The lowest BCUT2D eigenvalue weighted by Gasteiger charge is -2.08. The fourth-order valence-electron chi connectivity index (χ4n) is 1.79. The number of hydrogen-bond donors (Lipinski definition) is 2. The van der Waals surface area contributed by atoms with Crippen LogP contribution in [-0.2, 0) is 13.1 Å². The minimum absolute atomic E-state index is 0.265. The van der Waals surface area contributed by atoms with Gasteiger partial charge in [0.05, 0.1) is 16.1 Å². The number of hydrogen-bond acceptors (Lipinski definition) is 3. The van der Waals surface area contributed by atoms with E-state index in [0.717, 1.165) is 11.1 Å². The number of rotatable bonds is 4. The van der Waals surface area contributed by atoms with Gasteiger partial charge < -0.3 is 10.4 Å². The summed E-state index contributed by atoms with van der Waals surface area (Å²) in [6.07, 6.45) is 0. The van der Waals surface area contributed by atoms with Crippen LogP contribution < -0.4 is 5.32 Å². The number of nitrogens with one attached hydrogen (secondary N) is 1. The molecule has 0 amide bonds. The molecule has 96 valence electrons. The summed E-state index contributed by atoms with van der Waals surface area (Å²) >= 11 is 3.29. The molecule has 0 atom stereocenters. The first-order chi connectivity index (χ1) is 9.20. The van der Waals surface area contributed by atoms with Crippen molar-refractivity contribution >= 4 is 15.9 Å². The van der Waals surface area contributed by atoms with Crippen LogP contribution in [0.15, 0.2) is 46.9 Å². The van der Waals surface area contributed by atoms with E-state index in [1.165, 1.54) is 0 Å². The van der Waals surface area contributed by atoms with Crippen LogP contribution in [0.1, 0.15) is 16.7 Å². The molecule has 0 unspecified atom stereocenters. The van der Waals surface area contributed by atoms with Crippen LogP contribution in [0.4, 0.5) is 0 Å². The van der Waals surface area contributed by atoms with Gasteiger partial charge in [-0.15, -0.1) is 0 Å². The Hall–Kier alpha value is -1.83. The van der Waals surface area contributed by atoms with Crippen LogP contribution in [0.25, 0.3) is 0 Å². The van der Waals surface area contributed by atoms with E-state index in [1.54, 1.807) is 12.1 Å². The van der Waals surface area contributed by atoms with Gasteiger partial charge >= 0.3 is 0 Å². The van der Waals surface area contributed by atoms with Gasteiger partial charge in [0, 0.05) is 18.7 Å². The first-order valence-corrected chi connectivity index (χ1v) is 6.66. The third kappa shape index (κ3) is 3.57. The number of nitrogens with zero attached hydrogens (tertiary/aromatic N) is 1. The molecule has 0 saturated heterocycles. The van der Waals surface area contributed by atoms with Gasteiger partial charge in [0.2, 0.25) is 0 Å². The molecule has 2 aromatic carbocycles. The molecule has 2 aromatic rings. The summed E-state index contributed by atoms with van der Waals surface area (Å²) in [5.41, 5.74) is 2.55. The maximum Gasteiger partial charge on any atom is 0.134 e. The highest BCUT2D eigenvalue weighted by molar-refractivity contribution is 9.10. The average molecular weight is 317 g/mol. The Balaban J connectivity index is 1.96. The molecule has 0 aromatic heterocycles. The highest BCUT2D eigenvalue weighted by Gasteiger charge is 2.04. The molecule has 0 aliphatic carbocycles. The predicted octanol–water partition coefficient (Wildman–Crippen LogP) is 3.32. The Labute approximate surface area is 120 Å². The van der Waals surface area contributed by atoms with E-state index in [2.05, 4.69) is 27.3 Å². The van der Waals surface area contributed by atoms with E-state index in [9.17, 15) is 5.11 Å². The zero-order valence-corrected chi connectivity index (χ0v) is 11.8. The molecule has 0 fully saturated rings. The number of phenolic OH excluding ortho intramolecular Hbond substituents is 1. The van der Waals surface area contributed by atoms with E-state index >= 15 is 0 Å². The number of para-hydroxylation sites is 1. The molecular weight excluding hydrogens is 304 g/mol. The fraction of sp³-hybridized carbons (Fsp3) is 0.133. The van der Waals surface area contributed by atoms with E-state index in [1.807, 2.05) is 30.3 Å². The molecule has 0 saturated carbocycles. The van der Waals surface area contributed by atoms with Gasteiger partial charge in [0.15, 0.2) is 0 Å². The van der Waals surface area contributed by atoms with E-state index in [4.69, 9.17) is 5.26 Å². The molecule has 2 N–H and O–H groups in total. The first-order valence-electron chi connectivity index (χ1n) is 5.87. The van der Waals surface area contributed by atoms with Crippen molar-refractivity contribution in [2.24, 2.45) is 0 Å². The third-order valence-corrected chi connectivity index (χ3v) is 3.41. The normalized spacial score (nSPS) is 10.1. The fourth-order valence-corrected chi connectivity index (χ4v) is 2.20. The Morgan fingerprint density at radius 1 is 1.16 bits per heavy atom. The maximum absolute atomic E-state index is 9.85. The summed E-state index contributed by atoms with van der Waals surface area (Å²) in [7, 11) is 0. The zero-order valence-electron chi connectivity index (χ0n) is 10.2. The topological polar surface area (TPSA) is 56.0 Å². The number of nitriles is 1. The molecule has 0 bridgehead atoms. The molecule has 2 rings (SSSR count). The van der Waals surface area contributed by atoms with Crippen molar-refractivity contribution in [1.82, 2.24) is 5.32 Å². The van der Waals surface area contributed by atoms with E-state index in [0.29, 0.717) is 23.1 Å². The second kappa shape index (κ2) is 6.37. The van der Waals surface area contributed by atoms with E-state index in [-0.39, 0.29) is 5.75 Å². The Morgan fingerprint density at radius 2 is 1.95 bits per heavy atom. The van der Waals surface area contributed by atoms with Gasteiger partial charge in [0.25, 0.3) is 0 Å². The molecule has 19 heavy (non-hydrogen) atoms. The lowest BCUT2D eigenvalue weighted by atomic mass is 10.1. The SMILES string of the molecule is N#Cc1cccc(CNCc2cccc(Br)c2O)c1. The number of benzene rings is 2. The molecule has 3 nitrogen and oxygen atoms in total. The van der Waals surface area contributed by atoms with Crippen molar-refractivity contribution in [3.8, 4) is 11.8 Å². The van der Waals surface area contributed by atoms with Gasteiger partial charge in [-0.05, 0) is 39.7 Å². The lowest BCUT2D eigenvalue weighted by molar-refractivity contribution is 0.461. The van der Waals surface area contributed by atoms with Crippen LogP contribution in [0.2, 0.25) is 0 Å². The van der Waals surface area contributed by atoms with Crippen molar-refractivity contribution in [3.63, 3.8) is 0 Å². The number of halogens is 1. The highest BCUT2D eigenvalue weighted by atomic mass is 79.9. The second-order valence-corrected chi connectivity index (χ2v) is 5.02. The van der Waals surface area contributed by atoms with Gasteiger partial charge in [-0.25, -0.2) is 0 Å². The largest absolute Gasteiger partial charge is 0.506 e. The van der Waals surface area contributed by atoms with Crippen molar-refractivity contribution < 1.29 is 5.11 Å². The Kier molecular flexibility index (Phi) is 4.56. The summed E-state index contributed by atoms with van der Waals surface area (Å²) in [6, 6.07) is 15.1. The van der Waals surface area contributed by atoms with Gasteiger partial charge in [0.1, 0.15) is 5.75 Å². The van der Waals surface area contributed by atoms with Crippen LogP contribution in [0, 0.1) is 11.3 Å². The maximum atomic E-state index is 9.85. The average Bonchev–Trinajstić information content (AvgIpc) is 2.44. The monoisotopic (exact) mass is 316 g/mol. The van der Waals surface area contributed by atoms with Crippen LogP contribution >= 0.6 is 15.9 Å². The van der Waals surface area contributed by atoms with Gasteiger partial charge in [-0.1, -0.05) is 24.3 Å². The smallest absolute Gasteiger partial charge is 0.134 e.